The minimum absolute atomic E-state index is 0.944. The van der Waals surface area contributed by atoms with Crippen LogP contribution >= 0.6 is 0 Å². The van der Waals surface area contributed by atoms with E-state index in [0.717, 1.165) is 6.42 Å². The highest BCUT2D eigenvalue weighted by molar-refractivity contribution is 4.94. The van der Waals surface area contributed by atoms with E-state index in [1.807, 2.05) is 32.1 Å². The summed E-state index contributed by atoms with van der Waals surface area (Å²) in [5, 5.41) is 0. The van der Waals surface area contributed by atoms with Gasteiger partial charge < -0.3 is 0 Å². The predicted molar refractivity (Wildman–Crippen MR) is 54.6 cm³/mol. The third kappa shape index (κ3) is 27.7. The summed E-state index contributed by atoms with van der Waals surface area (Å²) in [6.45, 7) is 14.6. The van der Waals surface area contributed by atoms with E-state index in [0.29, 0.717) is 0 Å². The molecule has 0 atom stereocenters. The van der Waals surface area contributed by atoms with Crippen LogP contribution in [0.4, 0.5) is 0 Å². The predicted octanol–water partition coefficient (Wildman–Crippen LogP) is 3.89. The molecule has 0 heteroatoms. The molecule has 62 valence electrons. The Morgan fingerprint density at radius 1 is 1.36 bits per heavy atom. The Morgan fingerprint density at radius 2 is 1.91 bits per heavy atom. The molecule has 0 fully saturated rings. The van der Waals surface area contributed by atoms with Gasteiger partial charge in [0.25, 0.3) is 0 Å². The largest absolute Gasteiger partial charge is 0.103 e. The number of allylic oxidation sites excluding steroid dienone is 5. The lowest BCUT2D eigenvalue weighted by Crippen LogP contribution is -1.61. The Hall–Kier alpha value is -1.04. The standard InChI is InChI=1S/C6H10.C5H8/c1-4-5-6(2)3;1-3-5-4-2/h4H,1-2,5H2,3H3;3-5H,1H2,2H3. The van der Waals surface area contributed by atoms with Crippen LogP contribution in [0.2, 0.25) is 0 Å². The first-order valence-electron chi connectivity index (χ1n) is 3.68. The monoisotopic (exact) mass is 150 g/mol. The molecule has 0 aromatic rings. The zero-order valence-corrected chi connectivity index (χ0v) is 7.64. The molecule has 0 bridgehead atoms. The Morgan fingerprint density at radius 3 is 1.91 bits per heavy atom. The van der Waals surface area contributed by atoms with Crippen molar-refractivity contribution < 1.29 is 0 Å². The molecule has 0 aliphatic heterocycles. The molecule has 0 unspecified atom stereocenters. The maximum absolute atomic E-state index is 3.67. The molecule has 0 aliphatic carbocycles. The van der Waals surface area contributed by atoms with Crippen LogP contribution in [0.15, 0.2) is 49.6 Å². The zero-order chi connectivity index (χ0) is 9.11. The van der Waals surface area contributed by atoms with Gasteiger partial charge in [0.2, 0.25) is 0 Å². The summed E-state index contributed by atoms with van der Waals surface area (Å²) in [5.41, 5.74) is 1.17. The molecule has 0 saturated carbocycles. The molecule has 0 radical (unpaired) electrons. The number of rotatable bonds is 3. The van der Waals surface area contributed by atoms with Crippen molar-refractivity contribution in [3.8, 4) is 0 Å². The average molecular weight is 150 g/mol. The molecule has 0 spiro atoms. The summed E-state index contributed by atoms with van der Waals surface area (Å²) >= 11 is 0. The molecule has 0 amide bonds. The van der Waals surface area contributed by atoms with Gasteiger partial charge in [-0.2, -0.15) is 0 Å². The Labute approximate surface area is 70.6 Å². The lowest BCUT2D eigenvalue weighted by Gasteiger charge is -1.82. The fraction of sp³-hybridized carbons (Fsp3) is 0.273. The summed E-state index contributed by atoms with van der Waals surface area (Å²) < 4.78 is 0. The van der Waals surface area contributed by atoms with E-state index in [2.05, 4.69) is 19.7 Å². The highest BCUT2D eigenvalue weighted by atomic mass is 13.8. The van der Waals surface area contributed by atoms with Crippen molar-refractivity contribution in [2.24, 2.45) is 0 Å². The van der Waals surface area contributed by atoms with E-state index in [1.54, 1.807) is 6.08 Å². The van der Waals surface area contributed by atoms with Gasteiger partial charge in [-0.25, -0.2) is 0 Å². The van der Waals surface area contributed by atoms with Crippen LogP contribution in [0.3, 0.4) is 0 Å². The molecule has 0 aliphatic rings. The van der Waals surface area contributed by atoms with Crippen molar-refractivity contribution in [2.45, 2.75) is 20.3 Å². The van der Waals surface area contributed by atoms with Gasteiger partial charge in [-0.1, -0.05) is 43.0 Å². The minimum Gasteiger partial charge on any atom is -0.103 e. The van der Waals surface area contributed by atoms with E-state index in [4.69, 9.17) is 0 Å². The number of hydrogen-bond donors (Lipinski definition) is 0. The molecular formula is C11H18. The van der Waals surface area contributed by atoms with Gasteiger partial charge in [0.1, 0.15) is 0 Å². The third-order valence-electron chi connectivity index (χ3n) is 0.821. The van der Waals surface area contributed by atoms with E-state index < -0.39 is 0 Å². The van der Waals surface area contributed by atoms with Crippen LogP contribution < -0.4 is 0 Å². The van der Waals surface area contributed by atoms with E-state index >= 15 is 0 Å². The van der Waals surface area contributed by atoms with Gasteiger partial charge in [-0.05, 0) is 20.3 Å². The van der Waals surface area contributed by atoms with Gasteiger partial charge in [0, 0.05) is 0 Å². The van der Waals surface area contributed by atoms with Crippen LogP contribution in [0.25, 0.3) is 0 Å². The zero-order valence-electron chi connectivity index (χ0n) is 7.64. The Kier molecular flexibility index (Phi) is 13.4. The number of hydrogen-bond acceptors (Lipinski definition) is 0. The molecule has 11 heavy (non-hydrogen) atoms. The molecule has 0 aromatic heterocycles. The average Bonchev–Trinajstić information content (AvgIpc) is 1.90. The minimum atomic E-state index is 0.944. The topological polar surface area (TPSA) is 0 Å². The fourth-order valence-electron chi connectivity index (χ4n) is 0.382. The van der Waals surface area contributed by atoms with Crippen LogP contribution in [-0.2, 0) is 0 Å². The van der Waals surface area contributed by atoms with Crippen molar-refractivity contribution in [1.29, 1.82) is 0 Å². The second kappa shape index (κ2) is 11.7. The van der Waals surface area contributed by atoms with Crippen molar-refractivity contribution in [3.63, 3.8) is 0 Å². The first-order chi connectivity index (χ1) is 5.18. The molecular weight excluding hydrogens is 132 g/mol. The summed E-state index contributed by atoms with van der Waals surface area (Å²) in [7, 11) is 0. The van der Waals surface area contributed by atoms with Crippen molar-refractivity contribution >= 4 is 0 Å². The Bertz CT molecular complexity index is 138. The fourth-order valence-corrected chi connectivity index (χ4v) is 0.382. The van der Waals surface area contributed by atoms with Crippen LogP contribution in [-0.4, -0.2) is 0 Å². The molecule has 0 nitrogen and oxygen atoms in total. The highest BCUT2D eigenvalue weighted by Gasteiger charge is 1.71. The molecule has 0 rings (SSSR count). The third-order valence-corrected chi connectivity index (χ3v) is 0.821. The van der Waals surface area contributed by atoms with Gasteiger partial charge >= 0.3 is 0 Å². The maximum atomic E-state index is 3.67. The smallest absolute Gasteiger partial charge is 0.0147 e. The molecule has 0 heterocycles. The molecule has 0 saturated heterocycles. The van der Waals surface area contributed by atoms with Crippen LogP contribution in [0.5, 0.6) is 0 Å². The normalized spacial score (nSPS) is 8.18. The van der Waals surface area contributed by atoms with E-state index in [1.165, 1.54) is 5.57 Å². The summed E-state index contributed by atoms with van der Waals surface area (Å²) in [6, 6.07) is 0. The van der Waals surface area contributed by atoms with Gasteiger partial charge in [-0.3, -0.25) is 0 Å². The second-order valence-electron chi connectivity index (χ2n) is 2.21. The van der Waals surface area contributed by atoms with Crippen molar-refractivity contribution in [1.82, 2.24) is 0 Å². The summed E-state index contributed by atoms with van der Waals surface area (Å²) in [6.07, 6.45) is 8.37. The van der Waals surface area contributed by atoms with Crippen molar-refractivity contribution in [3.05, 3.63) is 49.6 Å². The maximum Gasteiger partial charge on any atom is -0.0147 e. The van der Waals surface area contributed by atoms with Crippen LogP contribution in [0.1, 0.15) is 20.3 Å². The molecule has 0 aromatic carbocycles. The van der Waals surface area contributed by atoms with E-state index in [-0.39, 0.29) is 0 Å². The van der Waals surface area contributed by atoms with Gasteiger partial charge in [-0.15, -0.1) is 6.58 Å². The Balaban J connectivity index is 0. The van der Waals surface area contributed by atoms with Crippen molar-refractivity contribution in [2.75, 3.05) is 0 Å². The van der Waals surface area contributed by atoms with Gasteiger partial charge in [0.15, 0.2) is 0 Å². The first kappa shape index (κ1) is 12.6. The summed E-state index contributed by atoms with van der Waals surface area (Å²) in [4.78, 5) is 0. The second-order valence-corrected chi connectivity index (χ2v) is 2.21. The summed E-state index contributed by atoms with van der Waals surface area (Å²) in [5.74, 6) is 0. The lowest BCUT2D eigenvalue weighted by atomic mass is 10.2. The van der Waals surface area contributed by atoms with Crippen LogP contribution in [0, 0.1) is 0 Å². The first-order valence-corrected chi connectivity index (χ1v) is 3.68. The SMILES string of the molecule is C=CC=CC.C=CCC(=C)C. The lowest BCUT2D eigenvalue weighted by molar-refractivity contribution is 1.23. The molecule has 0 N–H and O–H groups in total. The highest BCUT2D eigenvalue weighted by Crippen LogP contribution is 1.92. The quantitative estimate of drug-likeness (QED) is 0.423. The van der Waals surface area contributed by atoms with Gasteiger partial charge in [0.05, 0.1) is 0 Å². The van der Waals surface area contributed by atoms with E-state index in [9.17, 15) is 0 Å².